The zero-order valence-corrected chi connectivity index (χ0v) is 8.58. The van der Waals surface area contributed by atoms with E-state index >= 15 is 0 Å². The van der Waals surface area contributed by atoms with Gasteiger partial charge in [0.2, 0.25) is 0 Å². The van der Waals surface area contributed by atoms with Crippen LogP contribution in [0.25, 0.3) is 11.1 Å². The first-order valence-electron chi connectivity index (χ1n) is 4.42. The van der Waals surface area contributed by atoms with Crippen LogP contribution in [-0.2, 0) is 5.88 Å². The summed E-state index contributed by atoms with van der Waals surface area (Å²) in [4.78, 5) is 7.85. The molecule has 15 heavy (non-hydrogen) atoms. The van der Waals surface area contributed by atoms with E-state index in [-0.39, 0.29) is 11.7 Å². The minimum atomic E-state index is -0.365. The Kier molecular flexibility index (Phi) is 2.92. The zero-order chi connectivity index (χ0) is 10.7. The van der Waals surface area contributed by atoms with Gasteiger partial charge in [0, 0.05) is 18.0 Å². The molecule has 2 aromatic rings. The van der Waals surface area contributed by atoms with E-state index in [9.17, 15) is 4.39 Å². The maximum atomic E-state index is 13.0. The number of halogens is 2. The molecule has 0 spiro atoms. The molecule has 0 atom stereocenters. The molecule has 0 bridgehead atoms. The van der Waals surface area contributed by atoms with Gasteiger partial charge in [-0.1, -0.05) is 0 Å². The summed E-state index contributed by atoms with van der Waals surface area (Å²) < 4.78 is 13.0. The number of hydrogen-bond donors (Lipinski definition) is 0. The standard InChI is InChI=1S/C11H8ClFN2/c12-6-11-10(5-9(13)7-15-11)8-1-3-14-4-2-8/h1-5,7H,6H2. The van der Waals surface area contributed by atoms with Crippen molar-refractivity contribution in [3.63, 3.8) is 0 Å². The maximum absolute atomic E-state index is 13.0. The number of alkyl halides is 1. The maximum Gasteiger partial charge on any atom is 0.142 e. The predicted molar refractivity (Wildman–Crippen MR) is 57.0 cm³/mol. The zero-order valence-electron chi connectivity index (χ0n) is 7.82. The van der Waals surface area contributed by atoms with Gasteiger partial charge >= 0.3 is 0 Å². The summed E-state index contributed by atoms with van der Waals surface area (Å²) >= 11 is 5.73. The number of aromatic nitrogens is 2. The van der Waals surface area contributed by atoms with Crippen LogP contribution < -0.4 is 0 Å². The highest BCUT2D eigenvalue weighted by Crippen LogP contribution is 2.23. The molecule has 0 aliphatic carbocycles. The lowest BCUT2D eigenvalue weighted by Gasteiger charge is -2.05. The van der Waals surface area contributed by atoms with Crippen LogP contribution in [0.4, 0.5) is 4.39 Å². The van der Waals surface area contributed by atoms with Crippen LogP contribution in [-0.4, -0.2) is 9.97 Å². The summed E-state index contributed by atoms with van der Waals surface area (Å²) in [7, 11) is 0. The van der Waals surface area contributed by atoms with Gasteiger partial charge in [-0.15, -0.1) is 11.6 Å². The second-order valence-electron chi connectivity index (χ2n) is 3.02. The average Bonchev–Trinajstić information content (AvgIpc) is 2.30. The van der Waals surface area contributed by atoms with E-state index in [2.05, 4.69) is 9.97 Å². The van der Waals surface area contributed by atoms with Crippen molar-refractivity contribution >= 4 is 11.6 Å². The Morgan fingerprint density at radius 3 is 2.67 bits per heavy atom. The lowest BCUT2D eigenvalue weighted by molar-refractivity contribution is 0.620. The first-order chi connectivity index (χ1) is 7.31. The topological polar surface area (TPSA) is 25.8 Å². The Labute approximate surface area is 91.8 Å². The molecule has 76 valence electrons. The van der Waals surface area contributed by atoms with Gasteiger partial charge in [-0.3, -0.25) is 9.97 Å². The third-order valence-corrected chi connectivity index (χ3v) is 2.31. The van der Waals surface area contributed by atoms with E-state index in [1.54, 1.807) is 24.5 Å². The quantitative estimate of drug-likeness (QED) is 0.730. The fraction of sp³-hybridized carbons (Fsp3) is 0.0909. The van der Waals surface area contributed by atoms with Crippen molar-refractivity contribution in [2.45, 2.75) is 5.88 Å². The van der Waals surface area contributed by atoms with Gasteiger partial charge in [0.15, 0.2) is 0 Å². The third-order valence-electron chi connectivity index (χ3n) is 2.05. The lowest BCUT2D eigenvalue weighted by Crippen LogP contribution is -1.92. The van der Waals surface area contributed by atoms with Crippen molar-refractivity contribution < 1.29 is 4.39 Å². The van der Waals surface area contributed by atoms with Crippen LogP contribution in [0.15, 0.2) is 36.8 Å². The molecule has 0 saturated heterocycles. The first-order valence-corrected chi connectivity index (χ1v) is 4.95. The molecule has 0 aliphatic heterocycles. The molecular weight excluding hydrogens is 215 g/mol. The van der Waals surface area contributed by atoms with Crippen LogP contribution >= 0.6 is 11.6 Å². The molecule has 0 saturated carbocycles. The van der Waals surface area contributed by atoms with Crippen molar-refractivity contribution in [2.75, 3.05) is 0 Å². The first kappa shape index (κ1) is 10.1. The van der Waals surface area contributed by atoms with Crippen molar-refractivity contribution in [1.82, 2.24) is 9.97 Å². The van der Waals surface area contributed by atoms with Crippen LogP contribution in [0, 0.1) is 5.82 Å². The molecule has 0 radical (unpaired) electrons. The van der Waals surface area contributed by atoms with E-state index < -0.39 is 0 Å². The van der Waals surface area contributed by atoms with Gasteiger partial charge in [0.25, 0.3) is 0 Å². The molecule has 2 rings (SSSR count). The second-order valence-corrected chi connectivity index (χ2v) is 3.28. The summed E-state index contributed by atoms with van der Waals surface area (Å²) in [6.07, 6.45) is 4.47. The summed E-state index contributed by atoms with van der Waals surface area (Å²) in [6, 6.07) is 5.03. The highest BCUT2D eigenvalue weighted by molar-refractivity contribution is 6.17. The molecule has 2 aromatic heterocycles. The molecule has 2 nitrogen and oxygen atoms in total. The Morgan fingerprint density at radius 2 is 2.00 bits per heavy atom. The van der Waals surface area contributed by atoms with E-state index in [0.29, 0.717) is 11.3 Å². The molecule has 0 amide bonds. The van der Waals surface area contributed by atoms with Crippen molar-refractivity contribution in [3.05, 3.63) is 48.3 Å². The van der Waals surface area contributed by atoms with Crippen molar-refractivity contribution in [2.24, 2.45) is 0 Å². The molecule has 0 unspecified atom stereocenters. The SMILES string of the molecule is Fc1cnc(CCl)c(-c2ccncc2)c1. The molecular formula is C11H8ClFN2. The van der Waals surface area contributed by atoms with E-state index in [0.717, 1.165) is 5.56 Å². The van der Waals surface area contributed by atoms with Crippen molar-refractivity contribution in [1.29, 1.82) is 0 Å². The van der Waals surface area contributed by atoms with Gasteiger partial charge in [-0.2, -0.15) is 0 Å². The second kappa shape index (κ2) is 4.36. The average molecular weight is 223 g/mol. The fourth-order valence-corrected chi connectivity index (χ4v) is 1.57. The fourth-order valence-electron chi connectivity index (χ4n) is 1.36. The van der Waals surface area contributed by atoms with Gasteiger partial charge < -0.3 is 0 Å². The molecule has 0 aromatic carbocycles. The number of rotatable bonds is 2. The van der Waals surface area contributed by atoms with Gasteiger partial charge in [-0.05, 0) is 23.8 Å². The third kappa shape index (κ3) is 2.13. The van der Waals surface area contributed by atoms with Crippen LogP contribution in [0.3, 0.4) is 0 Å². The largest absolute Gasteiger partial charge is 0.265 e. The highest BCUT2D eigenvalue weighted by atomic mass is 35.5. The smallest absolute Gasteiger partial charge is 0.142 e. The summed E-state index contributed by atoms with van der Waals surface area (Å²) in [5, 5.41) is 0. The Morgan fingerprint density at radius 1 is 1.27 bits per heavy atom. The minimum absolute atomic E-state index is 0.262. The van der Waals surface area contributed by atoms with Gasteiger partial charge in [0.1, 0.15) is 5.82 Å². The summed E-state index contributed by atoms with van der Waals surface area (Å²) in [6.45, 7) is 0. The monoisotopic (exact) mass is 222 g/mol. The summed E-state index contributed by atoms with van der Waals surface area (Å²) in [5.74, 6) is -0.103. The van der Waals surface area contributed by atoms with E-state index in [4.69, 9.17) is 11.6 Å². The number of pyridine rings is 2. The van der Waals surface area contributed by atoms with Crippen molar-refractivity contribution in [3.8, 4) is 11.1 Å². The molecule has 0 N–H and O–H groups in total. The molecule has 0 fully saturated rings. The summed E-state index contributed by atoms with van der Waals surface area (Å²) in [5.41, 5.74) is 2.25. The van der Waals surface area contributed by atoms with Gasteiger partial charge in [-0.25, -0.2) is 4.39 Å². The molecule has 0 aliphatic rings. The Hall–Kier alpha value is -1.48. The minimum Gasteiger partial charge on any atom is -0.265 e. The van der Waals surface area contributed by atoms with E-state index in [1.165, 1.54) is 12.3 Å². The highest BCUT2D eigenvalue weighted by Gasteiger charge is 2.06. The Bertz CT molecular complexity index is 459. The lowest BCUT2D eigenvalue weighted by atomic mass is 10.1. The van der Waals surface area contributed by atoms with Gasteiger partial charge in [0.05, 0.1) is 17.8 Å². The number of nitrogens with zero attached hydrogens (tertiary/aromatic N) is 2. The predicted octanol–water partition coefficient (Wildman–Crippen LogP) is 3.02. The molecule has 4 heteroatoms. The van der Waals surface area contributed by atoms with Crippen LogP contribution in [0.2, 0.25) is 0 Å². The normalized spacial score (nSPS) is 10.3. The molecule has 2 heterocycles. The number of hydrogen-bond acceptors (Lipinski definition) is 2. The van der Waals surface area contributed by atoms with E-state index in [1.807, 2.05) is 0 Å². The van der Waals surface area contributed by atoms with Crippen LogP contribution in [0.5, 0.6) is 0 Å². The van der Waals surface area contributed by atoms with Crippen LogP contribution in [0.1, 0.15) is 5.69 Å². The Balaban J connectivity index is 2.56.